The molecule has 7 nitrogen and oxygen atoms in total. The second kappa shape index (κ2) is 11.1. The number of benzene rings is 3. The summed E-state index contributed by atoms with van der Waals surface area (Å²) >= 11 is 6.34. The van der Waals surface area contributed by atoms with Crippen molar-refractivity contribution in [3.05, 3.63) is 94.5 Å². The number of para-hydroxylation sites is 1. The summed E-state index contributed by atoms with van der Waals surface area (Å²) in [6.07, 6.45) is 1.41. The Kier molecular flexibility index (Phi) is 7.96. The number of carbonyl (C=O) groups is 2. The number of likely N-dealkylation sites (tertiary alicyclic amines) is 1. The van der Waals surface area contributed by atoms with Crippen LogP contribution in [0.25, 0.3) is 0 Å². The van der Waals surface area contributed by atoms with E-state index in [-0.39, 0.29) is 28.1 Å². The first-order valence-corrected chi connectivity index (χ1v) is 13.5. The molecule has 0 radical (unpaired) electrons. The normalized spacial score (nSPS) is 13.6. The molecule has 0 spiro atoms. The van der Waals surface area contributed by atoms with E-state index in [1.54, 1.807) is 36.4 Å². The Labute approximate surface area is 216 Å². The van der Waals surface area contributed by atoms with Gasteiger partial charge in [-0.25, -0.2) is 8.42 Å². The molecule has 0 unspecified atom stereocenters. The van der Waals surface area contributed by atoms with Crippen molar-refractivity contribution in [1.82, 2.24) is 10.2 Å². The average Bonchev–Trinajstić information content (AvgIpc) is 3.27. The molecule has 0 saturated carbocycles. The van der Waals surface area contributed by atoms with Crippen LogP contribution in [0.3, 0.4) is 0 Å². The third-order valence-corrected chi connectivity index (χ3v) is 8.24. The first-order chi connectivity index (χ1) is 17.3. The summed E-state index contributed by atoms with van der Waals surface area (Å²) in [5.74, 6) is -0.344. The Morgan fingerprint density at radius 1 is 1.00 bits per heavy atom. The van der Waals surface area contributed by atoms with Crippen molar-refractivity contribution in [2.24, 2.45) is 0 Å². The van der Waals surface area contributed by atoms with Crippen LogP contribution in [0.5, 0.6) is 0 Å². The standard InChI is InChI=1S/C27H28ClN3O4S/c1-20-12-14-23(15-13-20)36(34,35)31(25-10-5-4-9-24(25)28)19-26(32)29-17-21-7-2-3-8-22(21)18-30-16-6-11-27(30)33/h2-5,7-10,12-15H,6,11,16-19H2,1H3,(H,29,32). The van der Waals surface area contributed by atoms with Gasteiger partial charge in [0.2, 0.25) is 11.8 Å². The summed E-state index contributed by atoms with van der Waals surface area (Å²) in [5.41, 5.74) is 2.97. The number of nitrogens with one attached hydrogen (secondary N) is 1. The van der Waals surface area contributed by atoms with Crippen LogP contribution in [-0.4, -0.2) is 38.2 Å². The van der Waals surface area contributed by atoms with Crippen LogP contribution in [-0.2, 0) is 32.7 Å². The lowest BCUT2D eigenvalue weighted by Gasteiger charge is -2.25. The lowest BCUT2D eigenvalue weighted by molar-refractivity contribution is -0.128. The van der Waals surface area contributed by atoms with Crippen LogP contribution < -0.4 is 9.62 Å². The van der Waals surface area contributed by atoms with Crippen LogP contribution >= 0.6 is 11.6 Å². The second-order valence-electron chi connectivity index (χ2n) is 8.74. The fraction of sp³-hybridized carbons (Fsp3) is 0.259. The number of sulfonamides is 1. The Hall–Kier alpha value is -3.36. The van der Waals surface area contributed by atoms with Crippen molar-refractivity contribution < 1.29 is 18.0 Å². The van der Waals surface area contributed by atoms with Crippen molar-refractivity contribution in [3.63, 3.8) is 0 Å². The monoisotopic (exact) mass is 525 g/mol. The number of amides is 2. The summed E-state index contributed by atoms with van der Waals surface area (Å²) in [4.78, 5) is 27.0. The van der Waals surface area contributed by atoms with E-state index in [4.69, 9.17) is 11.6 Å². The van der Waals surface area contributed by atoms with E-state index in [0.29, 0.717) is 13.0 Å². The van der Waals surface area contributed by atoms with E-state index < -0.39 is 22.5 Å². The molecule has 2 amide bonds. The Balaban J connectivity index is 1.53. The zero-order chi connectivity index (χ0) is 25.7. The van der Waals surface area contributed by atoms with Crippen LogP contribution in [0, 0.1) is 6.92 Å². The summed E-state index contributed by atoms with van der Waals surface area (Å²) in [7, 11) is -4.06. The molecule has 1 N–H and O–H groups in total. The largest absolute Gasteiger partial charge is 0.350 e. The third-order valence-electron chi connectivity index (χ3n) is 6.14. The van der Waals surface area contributed by atoms with Gasteiger partial charge >= 0.3 is 0 Å². The zero-order valence-electron chi connectivity index (χ0n) is 20.0. The molecule has 1 aliphatic heterocycles. The van der Waals surface area contributed by atoms with Crippen LogP contribution in [0.15, 0.2) is 77.7 Å². The van der Waals surface area contributed by atoms with Crippen LogP contribution in [0.2, 0.25) is 5.02 Å². The number of rotatable bonds is 9. The molecule has 36 heavy (non-hydrogen) atoms. The SMILES string of the molecule is Cc1ccc(S(=O)(=O)N(CC(=O)NCc2ccccc2CN2CCCC2=O)c2ccccc2Cl)cc1. The molecular weight excluding hydrogens is 498 g/mol. The maximum Gasteiger partial charge on any atom is 0.264 e. The third kappa shape index (κ3) is 5.88. The molecule has 9 heteroatoms. The number of nitrogens with zero attached hydrogens (tertiary/aromatic N) is 2. The van der Waals surface area contributed by atoms with Crippen molar-refractivity contribution in [2.75, 3.05) is 17.4 Å². The molecule has 1 heterocycles. The van der Waals surface area contributed by atoms with Gasteiger partial charge in [-0.1, -0.05) is 65.7 Å². The number of hydrogen-bond donors (Lipinski definition) is 1. The van der Waals surface area contributed by atoms with Gasteiger partial charge in [0.05, 0.1) is 15.6 Å². The Morgan fingerprint density at radius 3 is 2.33 bits per heavy atom. The highest BCUT2D eigenvalue weighted by Crippen LogP contribution is 2.30. The van der Waals surface area contributed by atoms with E-state index in [2.05, 4.69) is 5.32 Å². The van der Waals surface area contributed by atoms with Crippen molar-refractivity contribution >= 4 is 39.1 Å². The Morgan fingerprint density at radius 2 is 1.67 bits per heavy atom. The fourth-order valence-corrected chi connectivity index (χ4v) is 5.86. The number of carbonyl (C=O) groups excluding carboxylic acids is 2. The summed E-state index contributed by atoms with van der Waals surface area (Å²) in [5, 5.41) is 3.06. The minimum Gasteiger partial charge on any atom is -0.350 e. The topological polar surface area (TPSA) is 86.8 Å². The van der Waals surface area contributed by atoms with E-state index in [1.807, 2.05) is 36.1 Å². The molecule has 1 aliphatic rings. The van der Waals surface area contributed by atoms with Gasteiger partial charge in [0.15, 0.2) is 0 Å². The zero-order valence-corrected chi connectivity index (χ0v) is 21.6. The predicted octanol–water partition coefficient (Wildman–Crippen LogP) is 4.28. The number of halogens is 1. The number of aryl methyl sites for hydroxylation is 1. The second-order valence-corrected chi connectivity index (χ2v) is 11.0. The van der Waals surface area contributed by atoms with E-state index in [1.165, 1.54) is 12.1 Å². The van der Waals surface area contributed by atoms with Gasteiger partial charge in [0.25, 0.3) is 10.0 Å². The molecule has 0 aliphatic carbocycles. The predicted molar refractivity (Wildman–Crippen MR) is 140 cm³/mol. The molecule has 0 bridgehead atoms. The molecule has 1 saturated heterocycles. The average molecular weight is 526 g/mol. The summed E-state index contributed by atoms with van der Waals surface area (Å²) in [6, 6.07) is 20.6. The minimum atomic E-state index is -4.06. The fourth-order valence-electron chi connectivity index (χ4n) is 4.13. The molecular formula is C27H28ClN3O4S. The highest BCUT2D eigenvalue weighted by atomic mass is 35.5. The molecule has 188 valence electrons. The highest BCUT2D eigenvalue weighted by Gasteiger charge is 2.29. The van der Waals surface area contributed by atoms with Gasteiger partial charge in [-0.2, -0.15) is 0 Å². The van der Waals surface area contributed by atoms with E-state index in [9.17, 15) is 18.0 Å². The van der Waals surface area contributed by atoms with Crippen molar-refractivity contribution in [3.8, 4) is 0 Å². The first kappa shape index (κ1) is 25.7. The van der Waals surface area contributed by atoms with Gasteiger partial charge in [0, 0.05) is 26.1 Å². The lowest BCUT2D eigenvalue weighted by atomic mass is 10.1. The van der Waals surface area contributed by atoms with Gasteiger partial charge in [-0.05, 0) is 48.7 Å². The Bertz CT molecular complexity index is 1360. The molecule has 3 aromatic rings. The quantitative estimate of drug-likeness (QED) is 0.451. The van der Waals surface area contributed by atoms with Crippen LogP contribution in [0.4, 0.5) is 5.69 Å². The summed E-state index contributed by atoms with van der Waals surface area (Å²) in [6.45, 7) is 2.85. The molecule has 0 aromatic heterocycles. The van der Waals surface area contributed by atoms with Gasteiger partial charge < -0.3 is 10.2 Å². The minimum absolute atomic E-state index is 0.0708. The van der Waals surface area contributed by atoms with E-state index >= 15 is 0 Å². The van der Waals surface area contributed by atoms with Gasteiger partial charge in [-0.15, -0.1) is 0 Å². The molecule has 3 aromatic carbocycles. The lowest BCUT2D eigenvalue weighted by Crippen LogP contribution is -2.41. The maximum atomic E-state index is 13.5. The first-order valence-electron chi connectivity index (χ1n) is 11.7. The van der Waals surface area contributed by atoms with Crippen molar-refractivity contribution in [2.45, 2.75) is 37.8 Å². The summed E-state index contributed by atoms with van der Waals surface area (Å²) < 4.78 is 28.1. The van der Waals surface area contributed by atoms with Crippen molar-refractivity contribution in [1.29, 1.82) is 0 Å². The number of anilines is 1. The maximum absolute atomic E-state index is 13.5. The molecule has 1 fully saturated rings. The smallest absolute Gasteiger partial charge is 0.264 e. The molecule has 0 atom stereocenters. The number of hydrogen-bond acceptors (Lipinski definition) is 4. The highest BCUT2D eigenvalue weighted by molar-refractivity contribution is 7.92. The van der Waals surface area contributed by atoms with E-state index in [0.717, 1.165) is 34.0 Å². The van der Waals surface area contributed by atoms with Gasteiger partial charge in [-0.3, -0.25) is 13.9 Å². The molecule has 4 rings (SSSR count). The van der Waals surface area contributed by atoms with Crippen LogP contribution in [0.1, 0.15) is 29.5 Å². The van der Waals surface area contributed by atoms with Gasteiger partial charge in [0.1, 0.15) is 6.54 Å².